The second-order valence-corrected chi connectivity index (χ2v) is 6.77. The second kappa shape index (κ2) is 6.69. The van der Waals surface area contributed by atoms with E-state index in [0.29, 0.717) is 12.6 Å². The molecule has 0 radical (unpaired) electrons. The molecular weight excluding hydrogens is 262 g/mol. The SMILES string of the molecule is CC(C)C1CCCC(NCC2COc3ccccc3O2)C1. The van der Waals surface area contributed by atoms with Gasteiger partial charge < -0.3 is 14.8 Å². The van der Waals surface area contributed by atoms with E-state index in [-0.39, 0.29) is 6.10 Å². The number of hydrogen-bond donors (Lipinski definition) is 1. The predicted octanol–water partition coefficient (Wildman–Crippen LogP) is 3.63. The van der Waals surface area contributed by atoms with E-state index in [4.69, 9.17) is 9.47 Å². The molecule has 1 aromatic carbocycles. The lowest BCUT2D eigenvalue weighted by molar-refractivity contribution is 0.0848. The zero-order valence-electron chi connectivity index (χ0n) is 13.2. The molecule has 2 aliphatic rings. The van der Waals surface area contributed by atoms with Gasteiger partial charge in [-0.15, -0.1) is 0 Å². The van der Waals surface area contributed by atoms with Crippen molar-refractivity contribution in [1.29, 1.82) is 0 Å². The molecule has 1 heterocycles. The van der Waals surface area contributed by atoms with Gasteiger partial charge in [-0.2, -0.15) is 0 Å². The summed E-state index contributed by atoms with van der Waals surface area (Å²) in [6.07, 6.45) is 5.48. The van der Waals surface area contributed by atoms with E-state index in [1.54, 1.807) is 0 Å². The van der Waals surface area contributed by atoms with Crippen molar-refractivity contribution >= 4 is 0 Å². The first-order chi connectivity index (χ1) is 10.2. The molecule has 0 aromatic heterocycles. The Bertz CT molecular complexity index is 460. The molecule has 116 valence electrons. The second-order valence-electron chi connectivity index (χ2n) is 6.77. The summed E-state index contributed by atoms with van der Waals surface area (Å²) in [6, 6.07) is 8.57. The molecule has 21 heavy (non-hydrogen) atoms. The Kier molecular flexibility index (Phi) is 4.69. The van der Waals surface area contributed by atoms with Gasteiger partial charge in [0, 0.05) is 12.6 Å². The van der Waals surface area contributed by atoms with E-state index in [9.17, 15) is 0 Å². The maximum Gasteiger partial charge on any atom is 0.161 e. The third-order valence-electron chi connectivity index (χ3n) is 4.86. The third kappa shape index (κ3) is 3.70. The first kappa shape index (κ1) is 14.7. The van der Waals surface area contributed by atoms with Crippen LogP contribution in [0.15, 0.2) is 24.3 Å². The smallest absolute Gasteiger partial charge is 0.161 e. The van der Waals surface area contributed by atoms with Crippen molar-refractivity contribution < 1.29 is 9.47 Å². The summed E-state index contributed by atoms with van der Waals surface area (Å²) in [4.78, 5) is 0. The lowest BCUT2D eigenvalue weighted by Gasteiger charge is -2.34. The van der Waals surface area contributed by atoms with Crippen LogP contribution in [-0.4, -0.2) is 25.3 Å². The lowest BCUT2D eigenvalue weighted by atomic mass is 9.79. The number of nitrogens with one attached hydrogen (secondary N) is 1. The minimum Gasteiger partial charge on any atom is -0.486 e. The van der Waals surface area contributed by atoms with Gasteiger partial charge in [-0.05, 0) is 36.8 Å². The molecule has 3 rings (SSSR count). The van der Waals surface area contributed by atoms with Gasteiger partial charge in [0.15, 0.2) is 11.5 Å². The summed E-state index contributed by atoms with van der Waals surface area (Å²) in [5, 5.41) is 3.70. The average molecular weight is 289 g/mol. The molecule has 0 saturated heterocycles. The van der Waals surface area contributed by atoms with E-state index in [0.717, 1.165) is 29.9 Å². The van der Waals surface area contributed by atoms with Crippen LogP contribution in [0.4, 0.5) is 0 Å². The summed E-state index contributed by atoms with van der Waals surface area (Å²) in [7, 11) is 0. The molecule has 1 aromatic rings. The Labute approximate surface area is 128 Å². The summed E-state index contributed by atoms with van der Waals surface area (Å²) < 4.78 is 11.8. The number of hydrogen-bond acceptors (Lipinski definition) is 3. The minimum atomic E-state index is 0.124. The summed E-state index contributed by atoms with van der Waals surface area (Å²) in [6.45, 7) is 6.22. The first-order valence-corrected chi connectivity index (χ1v) is 8.34. The average Bonchev–Trinajstić information content (AvgIpc) is 2.53. The van der Waals surface area contributed by atoms with Crippen LogP contribution in [0, 0.1) is 11.8 Å². The molecule has 3 unspecified atom stereocenters. The Morgan fingerprint density at radius 3 is 2.81 bits per heavy atom. The summed E-state index contributed by atoms with van der Waals surface area (Å²) in [5.74, 6) is 3.42. The van der Waals surface area contributed by atoms with Crippen molar-refractivity contribution in [2.24, 2.45) is 11.8 Å². The number of benzene rings is 1. The molecule has 1 fully saturated rings. The van der Waals surface area contributed by atoms with Crippen LogP contribution in [0.2, 0.25) is 0 Å². The number of para-hydroxylation sites is 2. The fourth-order valence-electron chi connectivity index (χ4n) is 3.48. The molecule has 1 aliphatic carbocycles. The molecule has 3 nitrogen and oxygen atoms in total. The quantitative estimate of drug-likeness (QED) is 0.918. The first-order valence-electron chi connectivity index (χ1n) is 8.34. The molecule has 1 saturated carbocycles. The Hall–Kier alpha value is -1.22. The predicted molar refractivity (Wildman–Crippen MR) is 84.9 cm³/mol. The maximum absolute atomic E-state index is 6.01. The molecular formula is C18H27NO2. The van der Waals surface area contributed by atoms with Gasteiger partial charge in [0.25, 0.3) is 0 Å². The van der Waals surface area contributed by atoms with Gasteiger partial charge in [-0.1, -0.05) is 38.8 Å². The lowest BCUT2D eigenvalue weighted by Crippen LogP contribution is -2.44. The monoisotopic (exact) mass is 289 g/mol. The molecule has 0 amide bonds. The van der Waals surface area contributed by atoms with Crippen LogP contribution in [0.1, 0.15) is 39.5 Å². The number of fused-ring (bicyclic) bond motifs is 1. The van der Waals surface area contributed by atoms with E-state index < -0.39 is 0 Å². The van der Waals surface area contributed by atoms with Gasteiger partial charge in [0.05, 0.1) is 0 Å². The van der Waals surface area contributed by atoms with Gasteiger partial charge in [0.2, 0.25) is 0 Å². The molecule has 3 atom stereocenters. The molecule has 3 heteroatoms. The van der Waals surface area contributed by atoms with Crippen molar-refractivity contribution in [3.8, 4) is 11.5 Å². The van der Waals surface area contributed by atoms with Gasteiger partial charge >= 0.3 is 0 Å². The van der Waals surface area contributed by atoms with Crippen LogP contribution in [0.5, 0.6) is 11.5 Å². The summed E-state index contributed by atoms with van der Waals surface area (Å²) >= 11 is 0. The molecule has 1 N–H and O–H groups in total. The number of rotatable bonds is 4. The highest BCUT2D eigenvalue weighted by Gasteiger charge is 2.26. The fraction of sp³-hybridized carbons (Fsp3) is 0.667. The van der Waals surface area contributed by atoms with E-state index in [2.05, 4.69) is 19.2 Å². The van der Waals surface area contributed by atoms with Crippen molar-refractivity contribution in [2.75, 3.05) is 13.2 Å². The molecule has 0 bridgehead atoms. The van der Waals surface area contributed by atoms with Crippen molar-refractivity contribution in [2.45, 2.75) is 51.7 Å². The van der Waals surface area contributed by atoms with E-state index in [1.807, 2.05) is 24.3 Å². The Morgan fingerprint density at radius 2 is 2.00 bits per heavy atom. The normalized spacial score (nSPS) is 28.6. The molecule has 1 aliphatic heterocycles. The standard InChI is InChI=1S/C18H27NO2/c1-13(2)14-6-5-7-15(10-14)19-11-16-12-20-17-8-3-4-9-18(17)21-16/h3-4,8-9,13-16,19H,5-7,10-12H2,1-2H3. The zero-order chi connectivity index (χ0) is 14.7. The van der Waals surface area contributed by atoms with E-state index in [1.165, 1.54) is 25.7 Å². The highest BCUT2D eigenvalue weighted by Crippen LogP contribution is 2.32. The van der Waals surface area contributed by atoms with Crippen LogP contribution >= 0.6 is 0 Å². The molecule has 0 spiro atoms. The maximum atomic E-state index is 6.01. The van der Waals surface area contributed by atoms with Crippen LogP contribution in [0.25, 0.3) is 0 Å². The van der Waals surface area contributed by atoms with E-state index >= 15 is 0 Å². The van der Waals surface area contributed by atoms with Crippen LogP contribution in [-0.2, 0) is 0 Å². The summed E-state index contributed by atoms with van der Waals surface area (Å²) in [5.41, 5.74) is 0. The topological polar surface area (TPSA) is 30.5 Å². The largest absolute Gasteiger partial charge is 0.486 e. The third-order valence-corrected chi connectivity index (χ3v) is 4.86. The number of ether oxygens (including phenoxy) is 2. The minimum absolute atomic E-state index is 0.124. The Morgan fingerprint density at radius 1 is 1.19 bits per heavy atom. The van der Waals surface area contributed by atoms with Gasteiger partial charge in [0.1, 0.15) is 12.7 Å². The van der Waals surface area contributed by atoms with Crippen molar-refractivity contribution in [3.05, 3.63) is 24.3 Å². The highest BCUT2D eigenvalue weighted by molar-refractivity contribution is 5.40. The highest BCUT2D eigenvalue weighted by atomic mass is 16.6. The Balaban J connectivity index is 1.48. The zero-order valence-corrected chi connectivity index (χ0v) is 13.2. The van der Waals surface area contributed by atoms with Gasteiger partial charge in [-0.3, -0.25) is 0 Å². The fourth-order valence-corrected chi connectivity index (χ4v) is 3.48. The van der Waals surface area contributed by atoms with Gasteiger partial charge in [-0.25, -0.2) is 0 Å². The van der Waals surface area contributed by atoms with Crippen LogP contribution in [0.3, 0.4) is 0 Å². The van der Waals surface area contributed by atoms with Crippen LogP contribution < -0.4 is 14.8 Å². The van der Waals surface area contributed by atoms with Crippen molar-refractivity contribution in [3.63, 3.8) is 0 Å². The van der Waals surface area contributed by atoms with Crippen molar-refractivity contribution in [1.82, 2.24) is 5.32 Å².